The van der Waals surface area contributed by atoms with Crippen molar-refractivity contribution in [2.24, 2.45) is 0 Å². The molecule has 2 fully saturated rings. The number of benzene rings is 1. The van der Waals surface area contributed by atoms with Crippen LogP contribution in [-0.4, -0.2) is 51.5 Å². The normalized spacial score (nSPS) is 28.0. The lowest BCUT2D eigenvalue weighted by atomic mass is 10.0. The molecular formula is C16H17N3O3. The molecule has 0 bridgehead atoms. The highest BCUT2D eigenvalue weighted by molar-refractivity contribution is 5.98. The van der Waals surface area contributed by atoms with Gasteiger partial charge in [0.1, 0.15) is 12.1 Å². The van der Waals surface area contributed by atoms with Gasteiger partial charge in [0.25, 0.3) is 0 Å². The predicted octanol–water partition coefficient (Wildman–Crippen LogP) is 0.171. The van der Waals surface area contributed by atoms with E-state index in [0.29, 0.717) is 12.8 Å². The molecule has 3 atom stereocenters. The Labute approximate surface area is 127 Å². The predicted molar refractivity (Wildman–Crippen MR) is 80.1 cm³/mol. The zero-order valence-electron chi connectivity index (χ0n) is 12.0. The number of amides is 2. The Balaban J connectivity index is 1.60. The highest BCUT2D eigenvalue weighted by atomic mass is 16.3. The van der Waals surface area contributed by atoms with E-state index in [4.69, 9.17) is 0 Å². The molecule has 1 aromatic heterocycles. The van der Waals surface area contributed by atoms with E-state index in [2.05, 4.69) is 10.3 Å². The number of rotatable bonds is 2. The number of nitrogens with one attached hydrogen (secondary N) is 2. The van der Waals surface area contributed by atoms with Crippen molar-refractivity contribution >= 4 is 22.7 Å². The molecule has 0 unspecified atom stereocenters. The quantitative estimate of drug-likeness (QED) is 0.739. The standard InChI is InChI=1S/C16H17N3O3/c20-10-6-14-15(21)18-13(16(22)19(14)8-10)5-9-7-17-12-4-2-1-3-11(9)12/h1-4,7,10,13-14,17,20H,5-6,8H2,(H,18,21)/t10-,13+,14-/m1/s1. The minimum Gasteiger partial charge on any atom is -0.391 e. The largest absolute Gasteiger partial charge is 0.391 e. The van der Waals surface area contributed by atoms with E-state index in [-0.39, 0.29) is 18.4 Å². The molecule has 2 aliphatic rings. The van der Waals surface area contributed by atoms with Crippen LogP contribution in [0.1, 0.15) is 12.0 Å². The lowest BCUT2D eigenvalue weighted by Crippen LogP contribution is -2.61. The number of carbonyl (C=O) groups is 2. The Morgan fingerprint density at radius 1 is 1.27 bits per heavy atom. The van der Waals surface area contributed by atoms with Gasteiger partial charge in [-0.05, 0) is 11.6 Å². The lowest BCUT2D eigenvalue weighted by molar-refractivity contribution is -0.147. The number of aliphatic hydroxyl groups excluding tert-OH is 1. The molecule has 0 spiro atoms. The van der Waals surface area contributed by atoms with Crippen LogP contribution in [0.2, 0.25) is 0 Å². The maximum Gasteiger partial charge on any atom is 0.246 e. The number of aromatic amines is 1. The molecular weight excluding hydrogens is 282 g/mol. The van der Waals surface area contributed by atoms with Crippen molar-refractivity contribution in [1.29, 1.82) is 0 Å². The first-order valence-electron chi connectivity index (χ1n) is 7.47. The van der Waals surface area contributed by atoms with Crippen LogP contribution in [0.25, 0.3) is 10.9 Å². The Morgan fingerprint density at radius 3 is 2.95 bits per heavy atom. The second-order valence-corrected chi connectivity index (χ2v) is 6.02. The molecule has 1 aromatic carbocycles. The van der Waals surface area contributed by atoms with Gasteiger partial charge in [-0.2, -0.15) is 0 Å². The smallest absolute Gasteiger partial charge is 0.246 e. The maximum absolute atomic E-state index is 12.6. The van der Waals surface area contributed by atoms with Gasteiger partial charge in [0, 0.05) is 36.5 Å². The minimum atomic E-state index is -0.605. The SMILES string of the molecule is O=C1N[C@@H](Cc2c[nH]c3ccccc23)C(=O)N2C[C@H](O)C[C@H]12. The number of carbonyl (C=O) groups excluding carboxylic acids is 2. The van der Waals surface area contributed by atoms with E-state index >= 15 is 0 Å². The van der Waals surface area contributed by atoms with E-state index in [0.717, 1.165) is 16.5 Å². The summed E-state index contributed by atoms with van der Waals surface area (Å²) >= 11 is 0. The third kappa shape index (κ3) is 1.99. The summed E-state index contributed by atoms with van der Waals surface area (Å²) in [5.74, 6) is -0.271. The summed E-state index contributed by atoms with van der Waals surface area (Å²) in [6, 6.07) is 6.81. The summed E-state index contributed by atoms with van der Waals surface area (Å²) in [6.45, 7) is 0.251. The first-order chi connectivity index (χ1) is 10.6. The highest BCUT2D eigenvalue weighted by Crippen LogP contribution is 2.25. The summed E-state index contributed by atoms with van der Waals surface area (Å²) < 4.78 is 0. The second-order valence-electron chi connectivity index (χ2n) is 6.02. The number of fused-ring (bicyclic) bond motifs is 2. The summed E-state index contributed by atoms with van der Waals surface area (Å²) in [5.41, 5.74) is 2.02. The van der Waals surface area contributed by atoms with Gasteiger partial charge in [-0.1, -0.05) is 18.2 Å². The fourth-order valence-electron chi connectivity index (χ4n) is 3.49. The molecule has 3 N–H and O–H groups in total. The van der Waals surface area contributed by atoms with Gasteiger partial charge >= 0.3 is 0 Å². The molecule has 0 radical (unpaired) electrons. The fraction of sp³-hybridized carbons (Fsp3) is 0.375. The average Bonchev–Trinajstić information content (AvgIpc) is 3.09. The average molecular weight is 299 g/mol. The Hall–Kier alpha value is -2.34. The number of piperazine rings is 1. The molecule has 6 nitrogen and oxygen atoms in total. The Bertz CT molecular complexity index is 754. The van der Waals surface area contributed by atoms with Crippen molar-refractivity contribution < 1.29 is 14.7 Å². The molecule has 22 heavy (non-hydrogen) atoms. The van der Waals surface area contributed by atoms with Crippen LogP contribution in [0.5, 0.6) is 0 Å². The van der Waals surface area contributed by atoms with Crippen LogP contribution < -0.4 is 5.32 Å². The van der Waals surface area contributed by atoms with E-state index in [1.165, 1.54) is 4.90 Å². The number of hydrogen-bond acceptors (Lipinski definition) is 3. The van der Waals surface area contributed by atoms with Crippen LogP contribution in [0.4, 0.5) is 0 Å². The van der Waals surface area contributed by atoms with Crippen molar-refractivity contribution in [2.45, 2.75) is 31.0 Å². The number of aromatic nitrogens is 1. The molecule has 0 aliphatic carbocycles. The Kier molecular flexibility index (Phi) is 2.94. The molecule has 2 amide bonds. The van der Waals surface area contributed by atoms with Crippen LogP contribution in [0.3, 0.4) is 0 Å². The van der Waals surface area contributed by atoms with Gasteiger partial charge in [0.15, 0.2) is 0 Å². The third-order valence-corrected chi connectivity index (χ3v) is 4.58. The second kappa shape index (κ2) is 4.84. The summed E-state index contributed by atoms with van der Waals surface area (Å²) in [7, 11) is 0. The fourth-order valence-corrected chi connectivity index (χ4v) is 3.49. The number of hydrogen-bond donors (Lipinski definition) is 3. The summed E-state index contributed by atoms with van der Waals surface area (Å²) in [5, 5.41) is 13.6. The molecule has 2 aromatic rings. The third-order valence-electron chi connectivity index (χ3n) is 4.58. The van der Waals surface area contributed by atoms with Gasteiger partial charge < -0.3 is 20.3 Å². The zero-order chi connectivity index (χ0) is 15.3. The Morgan fingerprint density at radius 2 is 2.09 bits per heavy atom. The minimum absolute atomic E-state index is 0.105. The first kappa shape index (κ1) is 13.3. The number of nitrogens with zero attached hydrogens (tertiary/aromatic N) is 1. The van der Waals surface area contributed by atoms with Crippen molar-refractivity contribution in [1.82, 2.24) is 15.2 Å². The van der Waals surface area contributed by atoms with Gasteiger partial charge in [0.05, 0.1) is 6.10 Å². The molecule has 6 heteroatoms. The summed E-state index contributed by atoms with van der Waals surface area (Å²) in [4.78, 5) is 29.4. The van der Waals surface area contributed by atoms with Crippen LogP contribution in [0, 0.1) is 0 Å². The van der Waals surface area contributed by atoms with Crippen molar-refractivity contribution in [2.75, 3.05) is 6.54 Å². The maximum atomic E-state index is 12.6. The zero-order valence-corrected chi connectivity index (χ0v) is 12.0. The van der Waals surface area contributed by atoms with E-state index in [1.807, 2.05) is 30.5 Å². The van der Waals surface area contributed by atoms with Crippen LogP contribution in [-0.2, 0) is 16.0 Å². The molecule has 114 valence electrons. The molecule has 2 saturated heterocycles. The monoisotopic (exact) mass is 299 g/mol. The molecule has 0 saturated carbocycles. The van der Waals surface area contributed by atoms with Crippen LogP contribution >= 0.6 is 0 Å². The lowest BCUT2D eigenvalue weighted by Gasteiger charge is -2.34. The number of para-hydroxylation sites is 1. The van der Waals surface area contributed by atoms with Gasteiger partial charge in [-0.25, -0.2) is 0 Å². The summed E-state index contributed by atoms with van der Waals surface area (Å²) in [6.07, 6.45) is 2.06. The molecule has 3 heterocycles. The number of H-pyrrole nitrogens is 1. The highest BCUT2D eigenvalue weighted by Gasteiger charge is 2.45. The van der Waals surface area contributed by atoms with Gasteiger partial charge in [-0.15, -0.1) is 0 Å². The van der Waals surface area contributed by atoms with Crippen molar-refractivity contribution in [3.63, 3.8) is 0 Å². The van der Waals surface area contributed by atoms with E-state index in [1.54, 1.807) is 0 Å². The van der Waals surface area contributed by atoms with Gasteiger partial charge in [-0.3, -0.25) is 9.59 Å². The molecule has 2 aliphatic heterocycles. The number of aliphatic hydroxyl groups is 1. The van der Waals surface area contributed by atoms with Crippen molar-refractivity contribution in [3.8, 4) is 0 Å². The molecule has 4 rings (SSSR count). The van der Waals surface area contributed by atoms with E-state index in [9.17, 15) is 14.7 Å². The topological polar surface area (TPSA) is 85.4 Å². The first-order valence-corrected chi connectivity index (χ1v) is 7.47. The van der Waals surface area contributed by atoms with Crippen molar-refractivity contribution in [3.05, 3.63) is 36.0 Å². The van der Waals surface area contributed by atoms with Crippen LogP contribution in [0.15, 0.2) is 30.5 Å². The van der Waals surface area contributed by atoms with E-state index < -0.39 is 18.2 Å². The van der Waals surface area contributed by atoms with Gasteiger partial charge in [0.2, 0.25) is 11.8 Å².